The van der Waals surface area contributed by atoms with Gasteiger partial charge in [-0.3, -0.25) is 0 Å². The predicted octanol–water partition coefficient (Wildman–Crippen LogP) is 1.07. The molecule has 6 nitrogen and oxygen atoms in total. The Bertz CT molecular complexity index is 411. The number of nitrogens with one attached hydrogen (secondary N) is 1. The molecule has 2 N–H and O–H groups in total. The highest BCUT2D eigenvalue weighted by Crippen LogP contribution is 2.01. The molecule has 0 bridgehead atoms. The van der Waals surface area contributed by atoms with E-state index in [0.717, 1.165) is 0 Å². The highest BCUT2D eigenvalue weighted by atomic mass is 16.5. The lowest BCUT2D eigenvalue weighted by Gasteiger charge is -1.97. The Balaban J connectivity index is 2.61. The number of carboxylic acids is 1. The fraction of sp³-hybridized carbons (Fsp3) is 0.100. The molecule has 0 radical (unpaired) electrons. The van der Waals surface area contributed by atoms with E-state index in [4.69, 9.17) is 5.11 Å². The van der Waals surface area contributed by atoms with Crippen molar-refractivity contribution in [1.29, 1.82) is 0 Å². The van der Waals surface area contributed by atoms with E-state index in [2.05, 4.69) is 15.3 Å². The van der Waals surface area contributed by atoms with Crippen LogP contribution in [0.4, 0.5) is 4.79 Å². The molecule has 0 aliphatic rings. The number of amides is 1. The van der Waals surface area contributed by atoms with Gasteiger partial charge in [0.1, 0.15) is 0 Å². The Morgan fingerprint density at radius 3 is 2.50 bits per heavy atom. The molecule has 16 heavy (non-hydrogen) atoms. The van der Waals surface area contributed by atoms with Gasteiger partial charge in [-0.1, -0.05) is 12.1 Å². The van der Waals surface area contributed by atoms with Gasteiger partial charge in [0, 0.05) is 0 Å². The number of aromatic carboxylic acids is 1. The zero-order valence-electron chi connectivity index (χ0n) is 8.51. The van der Waals surface area contributed by atoms with Crippen LogP contribution in [-0.2, 0) is 4.74 Å². The molecule has 0 aliphatic carbocycles. The summed E-state index contributed by atoms with van der Waals surface area (Å²) >= 11 is 0. The third kappa shape index (κ3) is 3.41. The first-order chi connectivity index (χ1) is 7.63. The van der Waals surface area contributed by atoms with Gasteiger partial charge in [-0.05, 0) is 17.7 Å². The minimum atomic E-state index is -0.990. The van der Waals surface area contributed by atoms with Crippen LogP contribution in [0.25, 0.3) is 0 Å². The number of carbonyl (C=O) groups is 2. The number of carboxylic acid groups (broad SMARTS) is 1. The Morgan fingerprint density at radius 2 is 2.00 bits per heavy atom. The van der Waals surface area contributed by atoms with Gasteiger partial charge in [0.15, 0.2) is 0 Å². The SMILES string of the molecule is COC(=O)N/N=C\c1ccc(C(=O)O)cc1. The van der Waals surface area contributed by atoms with Crippen molar-refractivity contribution in [3.05, 3.63) is 35.4 Å². The molecule has 0 saturated carbocycles. The van der Waals surface area contributed by atoms with Crippen LogP contribution in [0.3, 0.4) is 0 Å². The van der Waals surface area contributed by atoms with E-state index in [0.29, 0.717) is 5.56 Å². The smallest absolute Gasteiger partial charge is 0.427 e. The predicted molar refractivity (Wildman–Crippen MR) is 56.5 cm³/mol. The van der Waals surface area contributed by atoms with Gasteiger partial charge in [0.25, 0.3) is 0 Å². The zero-order valence-corrected chi connectivity index (χ0v) is 8.51. The van der Waals surface area contributed by atoms with E-state index in [-0.39, 0.29) is 5.56 Å². The largest absolute Gasteiger partial charge is 0.478 e. The van der Waals surface area contributed by atoms with E-state index in [1.807, 2.05) is 0 Å². The summed E-state index contributed by atoms with van der Waals surface area (Å²) in [4.78, 5) is 21.2. The van der Waals surface area contributed by atoms with Gasteiger partial charge in [-0.25, -0.2) is 15.0 Å². The number of hydrogen-bond acceptors (Lipinski definition) is 4. The normalized spacial score (nSPS) is 10.1. The monoisotopic (exact) mass is 222 g/mol. The topological polar surface area (TPSA) is 88.0 Å². The lowest BCUT2D eigenvalue weighted by molar-refractivity contribution is 0.0697. The highest BCUT2D eigenvalue weighted by molar-refractivity contribution is 5.89. The van der Waals surface area contributed by atoms with Crippen molar-refractivity contribution in [1.82, 2.24) is 5.43 Å². The summed E-state index contributed by atoms with van der Waals surface area (Å²) in [7, 11) is 1.23. The van der Waals surface area contributed by atoms with E-state index < -0.39 is 12.1 Å². The van der Waals surface area contributed by atoms with Crippen molar-refractivity contribution in [2.75, 3.05) is 7.11 Å². The second-order valence-corrected chi connectivity index (χ2v) is 2.79. The number of ether oxygens (including phenoxy) is 1. The summed E-state index contributed by atoms with van der Waals surface area (Å²) in [6.45, 7) is 0. The third-order valence-corrected chi connectivity index (χ3v) is 1.71. The van der Waals surface area contributed by atoms with Crippen LogP contribution < -0.4 is 5.43 Å². The fourth-order valence-corrected chi connectivity index (χ4v) is 0.917. The van der Waals surface area contributed by atoms with Crippen LogP contribution >= 0.6 is 0 Å². The summed E-state index contributed by atoms with van der Waals surface area (Å²) in [5.41, 5.74) is 2.97. The minimum Gasteiger partial charge on any atom is -0.478 e. The molecule has 1 aromatic rings. The van der Waals surface area contributed by atoms with E-state index in [9.17, 15) is 9.59 Å². The van der Waals surface area contributed by atoms with Gasteiger partial charge < -0.3 is 9.84 Å². The molecule has 0 atom stereocenters. The minimum absolute atomic E-state index is 0.193. The van der Waals surface area contributed by atoms with Crippen LogP contribution in [0.2, 0.25) is 0 Å². The maximum Gasteiger partial charge on any atom is 0.427 e. The molecule has 0 aliphatic heterocycles. The standard InChI is InChI=1S/C10H10N2O4/c1-16-10(15)12-11-6-7-2-4-8(5-3-7)9(13)14/h2-6H,1H3,(H,12,15)(H,13,14)/b11-6-. The molecule has 1 aromatic carbocycles. The lowest BCUT2D eigenvalue weighted by atomic mass is 10.1. The summed E-state index contributed by atoms with van der Waals surface area (Å²) in [6, 6.07) is 6.04. The van der Waals surface area contributed by atoms with Crippen LogP contribution in [-0.4, -0.2) is 30.5 Å². The first kappa shape index (κ1) is 11.7. The molecular weight excluding hydrogens is 212 g/mol. The van der Waals surface area contributed by atoms with Crippen LogP contribution in [0.5, 0.6) is 0 Å². The summed E-state index contributed by atoms with van der Waals surface area (Å²) in [5, 5.41) is 12.2. The van der Waals surface area contributed by atoms with Gasteiger partial charge >= 0.3 is 12.1 Å². The molecule has 0 aromatic heterocycles. The highest BCUT2D eigenvalue weighted by Gasteiger charge is 2.00. The second kappa shape index (κ2) is 5.50. The van der Waals surface area contributed by atoms with E-state index in [1.54, 1.807) is 12.1 Å². The average Bonchev–Trinajstić information content (AvgIpc) is 2.29. The summed E-state index contributed by atoms with van der Waals surface area (Å²) in [6.07, 6.45) is 0.709. The van der Waals surface area contributed by atoms with Gasteiger partial charge in [-0.15, -0.1) is 0 Å². The molecule has 0 spiro atoms. The van der Waals surface area contributed by atoms with Crippen molar-refractivity contribution in [3.63, 3.8) is 0 Å². The number of hydrazone groups is 1. The Hall–Kier alpha value is -2.37. The number of carbonyl (C=O) groups excluding carboxylic acids is 1. The quantitative estimate of drug-likeness (QED) is 0.591. The number of benzene rings is 1. The Morgan fingerprint density at radius 1 is 1.38 bits per heavy atom. The molecule has 0 heterocycles. The van der Waals surface area contributed by atoms with E-state index in [1.165, 1.54) is 25.5 Å². The summed E-state index contributed by atoms with van der Waals surface area (Å²) < 4.78 is 4.30. The van der Waals surface area contributed by atoms with Gasteiger partial charge in [0.2, 0.25) is 0 Å². The van der Waals surface area contributed by atoms with E-state index >= 15 is 0 Å². The summed E-state index contributed by atoms with van der Waals surface area (Å²) in [5.74, 6) is -0.990. The molecule has 6 heteroatoms. The first-order valence-electron chi connectivity index (χ1n) is 4.34. The zero-order chi connectivity index (χ0) is 12.0. The van der Waals surface area contributed by atoms with Crippen molar-refractivity contribution in [3.8, 4) is 0 Å². The maximum absolute atomic E-state index is 10.6. The molecule has 0 saturated heterocycles. The first-order valence-corrected chi connectivity index (χ1v) is 4.34. The molecular formula is C10H10N2O4. The van der Waals surface area contributed by atoms with Crippen molar-refractivity contribution in [2.24, 2.45) is 5.10 Å². The number of hydrogen-bond donors (Lipinski definition) is 2. The Kier molecular flexibility index (Phi) is 4.02. The molecule has 1 amide bonds. The van der Waals surface area contributed by atoms with Gasteiger partial charge in [0.05, 0.1) is 18.9 Å². The van der Waals surface area contributed by atoms with Crippen molar-refractivity contribution >= 4 is 18.3 Å². The van der Waals surface area contributed by atoms with Gasteiger partial charge in [-0.2, -0.15) is 5.10 Å². The second-order valence-electron chi connectivity index (χ2n) is 2.79. The Labute approximate surface area is 91.5 Å². The molecule has 0 unspecified atom stereocenters. The number of nitrogens with zero attached hydrogens (tertiary/aromatic N) is 1. The average molecular weight is 222 g/mol. The van der Waals surface area contributed by atoms with Crippen LogP contribution in [0.1, 0.15) is 15.9 Å². The lowest BCUT2D eigenvalue weighted by Crippen LogP contribution is -2.16. The number of methoxy groups -OCH3 is 1. The van der Waals surface area contributed by atoms with Crippen molar-refractivity contribution in [2.45, 2.75) is 0 Å². The van der Waals surface area contributed by atoms with Crippen LogP contribution in [0, 0.1) is 0 Å². The third-order valence-electron chi connectivity index (χ3n) is 1.71. The van der Waals surface area contributed by atoms with Crippen LogP contribution in [0.15, 0.2) is 29.4 Å². The number of rotatable bonds is 3. The molecule has 0 fully saturated rings. The molecule has 84 valence electrons. The fourth-order valence-electron chi connectivity index (χ4n) is 0.917. The maximum atomic E-state index is 10.6. The van der Waals surface area contributed by atoms with Crippen molar-refractivity contribution < 1.29 is 19.4 Å². The molecule has 1 rings (SSSR count).